The minimum absolute atomic E-state index is 0.105. The molecule has 1 aromatic heterocycles. The molecule has 0 radical (unpaired) electrons. The number of hydrogen-bond donors (Lipinski definition) is 1. The van der Waals surface area contributed by atoms with Crippen LogP contribution in [0.2, 0.25) is 0 Å². The van der Waals surface area contributed by atoms with Crippen molar-refractivity contribution in [3.8, 4) is 5.75 Å². The second-order valence-corrected chi connectivity index (χ2v) is 4.85. The van der Waals surface area contributed by atoms with Crippen LogP contribution in [0.25, 0.3) is 0 Å². The van der Waals surface area contributed by atoms with Crippen molar-refractivity contribution in [1.29, 1.82) is 0 Å². The summed E-state index contributed by atoms with van der Waals surface area (Å²) in [6, 6.07) is 7.67. The molecule has 20 heavy (non-hydrogen) atoms. The lowest BCUT2D eigenvalue weighted by atomic mass is 9.92. The Morgan fingerprint density at radius 3 is 3.15 bits per heavy atom. The van der Waals surface area contributed by atoms with Crippen molar-refractivity contribution < 1.29 is 9.26 Å². The van der Waals surface area contributed by atoms with Crippen molar-refractivity contribution in [2.24, 2.45) is 5.73 Å². The summed E-state index contributed by atoms with van der Waals surface area (Å²) < 4.78 is 10.9. The van der Waals surface area contributed by atoms with E-state index >= 15 is 0 Å². The molecule has 2 atom stereocenters. The van der Waals surface area contributed by atoms with E-state index in [4.69, 9.17) is 15.0 Å². The molecule has 0 fully saturated rings. The summed E-state index contributed by atoms with van der Waals surface area (Å²) in [5, 5.41) is 4.09. The molecule has 2 heterocycles. The SMILES string of the molecule is C=CCC(N)c1nc(C2CCOc3ccccc32)no1. The summed E-state index contributed by atoms with van der Waals surface area (Å²) in [5.41, 5.74) is 7.05. The van der Waals surface area contributed by atoms with Crippen LogP contribution in [0.1, 0.15) is 42.1 Å². The number of nitrogens with zero attached hydrogens (tertiary/aromatic N) is 2. The third-order valence-electron chi connectivity index (χ3n) is 3.47. The Labute approximate surface area is 117 Å². The van der Waals surface area contributed by atoms with E-state index in [2.05, 4.69) is 16.7 Å². The van der Waals surface area contributed by atoms with E-state index in [9.17, 15) is 0 Å². The molecule has 0 saturated carbocycles. The van der Waals surface area contributed by atoms with Gasteiger partial charge in [-0.1, -0.05) is 29.4 Å². The van der Waals surface area contributed by atoms with Gasteiger partial charge in [0.2, 0.25) is 5.89 Å². The minimum Gasteiger partial charge on any atom is -0.493 e. The predicted octanol–water partition coefficient (Wildman–Crippen LogP) is 2.56. The van der Waals surface area contributed by atoms with E-state index in [0.717, 1.165) is 17.7 Å². The second kappa shape index (κ2) is 5.46. The number of benzene rings is 1. The minimum atomic E-state index is -0.288. The number of fused-ring (bicyclic) bond motifs is 1. The van der Waals surface area contributed by atoms with Gasteiger partial charge in [-0.25, -0.2) is 0 Å². The summed E-state index contributed by atoms with van der Waals surface area (Å²) >= 11 is 0. The zero-order valence-corrected chi connectivity index (χ0v) is 11.2. The van der Waals surface area contributed by atoms with E-state index < -0.39 is 0 Å². The molecule has 1 aromatic carbocycles. The topological polar surface area (TPSA) is 74.2 Å². The molecule has 104 valence electrons. The maximum absolute atomic E-state index is 5.95. The van der Waals surface area contributed by atoms with Crippen molar-refractivity contribution in [2.45, 2.75) is 24.8 Å². The maximum Gasteiger partial charge on any atom is 0.243 e. The summed E-state index contributed by atoms with van der Waals surface area (Å²) in [4.78, 5) is 4.45. The van der Waals surface area contributed by atoms with Crippen LogP contribution >= 0.6 is 0 Å². The van der Waals surface area contributed by atoms with Crippen molar-refractivity contribution >= 4 is 0 Å². The van der Waals surface area contributed by atoms with Gasteiger partial charge in [-0.05, 0) is 18.9 Å². The van der Waals surface area contributed by atoms with Gasteiger partial charge >= 0.3 is 0 Å². The van der Waals surface area contributed by atoms with Gasteiger partial charge in [0.05, 0.1) is 18.6 Å². The standard InChI is InChI=1S/C15H17N3O2/c1-2-5-12(16)15-17-14(18-20-15)11-8-9-19-13-7-4-3-6-10(11)13/h2-4,6-7,11-12H,1,5,8-9,16H2. The molecule has 2 unspecified atom stereocenters. The highest BCUT2D eigenvalue weighted by molar-refractivity contribution is 5.40. The van der Waals surface area contributed by atoms with Gasteiger partial charge in [-0.2, -0.15) is 4.98 Å². The number of aromatic nitrogens is 2. The fourth-order valence-electron chi connectivity index (χ4n) is 2.43. The summed E-state index contributed by atoms with van der Waals surface area (Å²) in [5.74, 6) is 2.14. The Balaban J connectivity index is 1.89. The summed E-state index contributed by atoms with van der Waals surface area (Å²) in [6.07, 6.45) is 3.21. The van der Waals surface area contributed by atoms with Crippen LogP contribution in [-0.4, -0.2) is 16.7 Å². The lowest BCUT2D eigenvalue weighted by Crippen LogP contribution is -2.16. The Hall–Kier alpha value is -2.14. The quantitative estimate of drug-likeness (QED) is 0.865. The van der Waals surface area contributed by atoms with Crippen molar-refractivity contribution in [3.05, 3.63) is 54.2 Å². The number of rotatable bonds is 4. The molecule has 0 spiro atoms. The Bertz CT molecular complexity index is 609. The largest absolute Gasteiger partial charge is 0.493 e. The maximum atomic E-state index is 5.95. The molecular weight excluding hydrogens is 254 g/mol. The fourth-order valence-corrected chi connectivity index (χ4v) is 2.43. The molecule has 0 bridgehead atoms. The van der Waals surface area contributed by atoms with Crippen molar-refractivity contribution in [1.82, 2.24) is 10.1 Å². The molecule has 5 heteroatoms. The van der Waals surface area contributed by atoms with Gasteiger partial charge in [0.15, 0.2) is 5.82 Å². The number of para-hydroxylation sites is 1. The van der Waals surface area contributed by atoms with E-state index in [0.29, 0.717) is 24.7 Å². The monoisotopic (exact) mass is 271 g/mol. The van der Waals surface area contributed by atoms with Crippen LogP contribution < -0.4 is 10.5 Å². The highest BCUT2D eigenvalue weighted by Crippen LogP contribution is 2.36. The average Bonchev–Trinajstić information content (AvgIpc) is 2.97. The average molecular weight is 271 g/mol. The summed E-state index contributed by atoms with van der Waals surface area (Å²) in [6.45, 7) is 4.32. The molecule has 1 aliphatic heterocycles. The first-order valence-corrected chi connectivity index (χ1v) is 6.71. The molecule has 3 rings (SSSR count). The lowest BCUT2D eigenvalue weighted by molar-refractivity contribution is 0.272. The zero-order chi connectivity index (χ0) is 13.9. The highest BCUT2D eigenvalue weighted by atomic mass is 16.5. The van der Waals surface area contributed by atoms with Crippen LogP contribution in [-0.2, 0) is 0 Å². The summed E-state index contributed by atoms with van der Waals surface area (Å²) in [7, 11) is 0. The molecule has 1 aliphatic rings. The molecule has 0 aliphatic carbocycles. The van der Waals surface area contributed by atoms with Crippen molar-refractivity contribution in [3.63, 3.8) is 0 Å². The number of nitrogens with two attached hydrogens (primary N) is 1. The fraction of sp³-hybridized carbons (Fsp3) is 0.333. The van der Waals surface area contributed by atoms with Crippen LogP contribution in [0.3, 0.4) is 0 Å². The second-order valence-electron chi connectivity index (χ2n) is 4.85. The molecule has 0 amide bonds. The Morgan fingerprint density at radius 1 is 1.45 bits per heavy atom. The highest BCUT2D eigenvalue weighted by Gasteiger charge is 2.27. The zero-order valence-electron chi connectivity index (χ0n) is 11.2. The number of ether oxygens (including phenoxy) is 1. The van der Waals surface area contributed by atoms with Gasteiger partial charge in [0.1, 0.15) is 5.75 Å². The normalized spacial score (nSPS) is 18.9. The first kappa shape index (κ1) is 12.9. The predicted molar refractivity (Wildman–Crippen MR) is 74.4 cm³/mol. The van der Waals surface area contributed by atoms with Crippen LogP contribution in [0.4, 0.5) is 0 Å². The van der Waals surface area contributed by atoms with Gasteiger partial charge in [0, 0.05) is 5.56 Å². The van der Waals surface area contributed by atoms with Gasteiger partial charge in [0.25, 0.3) is 0 Å². The van der Waals surface area contributed by atoms with Crippen LogP contribution in [0, 0.1) is 0 Å². The van der Waals surface area contributed by atoms with Gasteiger partial charge < -0.3 is 15.0 Å². The molecule has 2 N–H and O–H groups in total. The van der Waals surface area contributed by atoms with Crippen molar-refractivity contribution in [2.75, 3.05) is 6.61 Å². The Kier molecular flexibility index (Phi) is 3.52. The Morgan fingerprint density at radius 2 is 2.30 bits per heavy atom. The van der Waals surface area contributed by atoms with Gasteiger partial charge in [-0.3, -0.25) is 0 Å². The molecule has 0 saturated heterocycles. The first-order chi connectivity index (χ1) is 9.79. The van der Waals surface area contributed by atoms with Gasteiger partial charge in [-0.15, -0.1) is 6.58 Å². The van der Waals surface area contributed by atoms with E-state index in [1.807, 2.05) is 24.3 Å². The van der Waals surface area contributed by atoms with Crippen LogP contribution in [0.15, 0.2) is 41.4 Å². The van der Waals surface area contributed by atoms with Crippen LogP contribution in [0.5, 0.6) is 5.75 Å². The van der Waals surface area contributed by atoms with E-state index in [1.54, 1.807) is 6.08 Å². The lowest BCUT2D eigenvalue weighted by Gasteiger charge is -2.23. The molecular formula is C15H17N3O2. The molecule has 5 nitrogen and oxygen atoms in total. The first-order valence-electron chi connectivity index (χ1n) is 6.71. The molecule has 2 aromatic rings. The van der Waals surface area contributed by atoms with E-state index in [1.165, 1.54) is 0 Å². The van der Waals surface area contributed by atoms with E-state index in [-0.39, 0.29) is 12.0 Å². The smallest absolute Gasteiger partial charge is 0.243 e. The third kappa shape index (κ3) is 2.32. The number of hydrogen-bond acceptors (Lipinski definition) is 5. The third-order valence-corrected chi connectivity index (χ3v) is 3.47.